The molecule has 4 nitrogen and oxygen atoms in total. The smallest absolute Gasteiger partial charge is 0.235 e. The topological polar surface area (TPSA) is 66.0 Å². The minimum Gasteiger partial charge on any atom is -0.468 e. The van der Waals surface area contributed by atoms with Gasteiger partial charge in [-0.2, -0.15) is 5.26 Å². The second-order valence-corrected chi connectivity index (χ2v) is 7.59. The lowest BCUT2D eigenvalue weighted by atomic mass is 10.1. The number of aryl methyl sites for hydroxylation is 1. The Morgan fingerprint density at radius 1 is 1.39 bits per heavy atom. The molecule has 1 N–H and O–H groups in total. The maximum Gasteiger partial charge on any atom is 0.235 e. The van der Waals surface area contributed by atoms with Gasteiger partial charge in [0.2, 0.25) is 5.91 Å². The third-order valence-corrected chi connectivity index (χ3v) is 6.01. The summed E-state index contributed by atoms with van der Waals surface area (Å²) in [5.41, 5.74) is 1.84. The molecule has 2 aromatic heterocycles. The summed E-state index contributed by atoms with van der Waals surface area (Å²) in [5.74, 6) is 1.83. The highest BCUT2D eigenvalue weighted by Gasteiger charge is 2.20. The normalized spacial score (nSPS) is 13.9. The Balaban J connectivity index is 1.61. The van der Waals surface area contributed by atoms with Gasteiger partial charge in [0, 0.05) is 4.88 Å². The molecule has 0 fully saturated rings. The van der Waals surface area contributed by atoms with Gasteiger partial charge in [-0.05, 0) is 43.4 Å². The lowest BCUT2D eigenvalue weighted by Crippen LogP contribution is -2.14. The van der Waals surface area contributed by atoms with Crippen LogP contribution in [-0.4, -0.2) is 11.7 Å². The van der Waals surface area contributed by atoms with E-state index in [1.54, 1.807) is 17.6 Å². The highest BCUT2D eigenvalue weighted by Crippen LogP contribution is 2.37. The molecule has 3 rings (SSSR count). The summed E-state index contributed by atoms with van der Waals surface area (Å²) in [5, 5.41) is 13.1. The number of carbonyl (C=O) groups excluding carboxylic acids is 1. The molecule has 0 bridgehead atoms. The maximum atomic E-state index is 12.1. The highest BCUT2D eigenvalue weighted by atomic mass is 32.2. The zero-order valence-corrected chi connectivity index (χ0v) is 14.4. The predicted molar refractivity (Wildman–Crippen MR) is 93.8 cm³/mol. The fourth-order valence-electron chi connectivity index (χ4n) is 2.75. The van der Waals surface area contributed by atoms with Crippen molar-refractivity contribution in [1.29, 1.82) is 5.26 Å². The van der Waals surface area contributed by atoms with Gasteiger partial charge in [-0.15, -0.1) is 23.1 Å². The molecule has 23 heavy (non-hydrogen) atoms. The van der Waals surface area contributed by atoms with E-state index in [9.17, 15) is 10.1 Å². The Kier molecular flexibility index (Phi) is 5.42. The number of fused-ring (bicyclic) bond motifs is 1. The van der Waals surface area contributed by atoms with Crippen molar-refractivity contribution in [2.45, 2.75) is 37.9 Å². The van der Waals surface area contributed by atoms with Gasteiger partial charge in [0.25, 0.3) is 0 Å². The van der Waals surface area contributed by atoms with Crippen LogP contribution in [0.5, 0.6) is 0 Å². The standard InChI is InChI=1S/C17H18N2O2S2/c18-9-14-13-6-2-1-3-7-15(13)23-17(14)19-16(20)11-22-10-12-5-4-8-21-12/h4-5,8H,1-3,6-7,10-11H2,(H,19,20). The lowest BCUT2D eigenvalue weighted by Gasteiger charge is -2.03. The quantitative estimate of drug-likeness (QED) is 0.817. The summed E-state index contributed by atoms with van der Waals surface area (Å²) in [7, 11) is 0. The molecule has 1 aliphatic carbocycles. The number of nitriles is 1. The molecule has 0 saturated heterocycles. The number of hydrogen-bond donors (Lipinski definition) is 1. The van der Waals surface area contributed by atoms with Crippen molar-refractivity contribution < 1.29 is 9.21 Å². The molecule has 0 radical (unpaired) electrons. The minimum atomic E-state index is -0.0607. The number of thiophene rings is 1. The molecule has 0 aliphatic heterocycles. The van der Waals surface area contributed by atoms with E-state index in [1.807, 2.05) is 12.1 Å². The lowest BCUT2D eigenvalue weighted by molar-refractivity contribution is -0.113. The zero-order chi connectivity index (χ0) is 16.1. The van der Waals surface area contributed by atoms with Crippen molar-refractivity contribution in [1.82, 2.24) is 0 Å². The van der Waals surface area contributed by atoms with Crippen molar-refractivity contribution in [3.05, 3.63) is 40.2 Å². The molecule has 0 unspecified atom stereocenters. The van der Waals surface area contributed by atoms with E-state index < -0.39 is 0 Å². The van der Waals surface area contributed by atoms with Crippen LogP contribution < -0.4 is 5.32 Å². The van der Waals surface area contributed by atoms with Crippen molar-refractivity contribution in [2.75, 3.05) is 11.1 Å². The maximum absolute atomic E-state index is 12.1. The number of hydrogen-bond acceptors (Lipinski definition) is 5. The molecule has 0 aromatic carbocycles. The van der Waals surface area contributed by atoms with Crippen LogP contribution >= 0.6 is 23.1 Å². The summed E-state index contributed by atoms with van der Waals surface area (Å²) in [4.78, 5) is 13.4. The van der Waals surface area contributed by atoms with Crippen molar-refractivity contribution >= 4 is 34.0 Å². The molecule has 6 heteroatoms. The Labute approximate surface area is 143 Å². The average Bonchev–Trinajstić information content (AvgIpc) is 3.10. The number of rotatable bonds is 5. The van der Waals surface area contributed by atoms with E-state index in [0.29, 0.717) is 17.1 Å². The number of nitrogens with one attached hydrogen (secondary N) is 1. The van der Waals surface area contributed by atoms with Gasteiger partial charge in [-0.1, -0.05) is 6.42 Å². The van der Waals surface area contributed by atoms with E-state index in [0.717, 1.165) is 35.6 Å². The van der Waals surface area contributed by atoms with Gasteiger partial charge in [0.15, 0.2) is 0 Å². The summed E-state index contributed by atoms with van der Waals surface area (Å²) in [6, 6.07) is 6.03. The third-order valence-electron chi connectivity index (χ3n) is 3.84. The number of amides is 1. The molecule has 0 spiro atoms. The van der Waals surface area contributed by atoms with E-state index in [4.69, 9.17) is 4.42 Å². The fraction of sp³-hybridized carbons (Fsp3) is 0.412. The van der Waals surface area contributed by atoms with Gasteiger partial charge in [0.05, 0.1) is 23.3 Å². The first-order chi connectivity index (χ1) is 11.3. The van der Waals surface area contributed by atoms with Crippen molar-refractivity contribution in [3.63, 3.8) is 0 Å². The van der Waals surface area contributed by atoms with Crippen LogP contribution in [0.4, 0.5) is 5.00 Å². The van der Waals surface area contributed by atoms with Crippen LogP contribution in [0, 0.1) is 11.3 Å². The van der Waals surface area contributed by atoms with Crippen LogP contribution in [0.3, 0.4) is 0 Å². The van der Waals surface area contributed by atoms with Gasteiger partial charge in [-0.25, -0.2) is 0 Å². The Morgan fingerprint density at radius 2 is 2.26 bits per heavy atom. The number of furan rings is 1. The monoisotopic (exact) mass is 346 g/mol. The number of carbonyl (C=O) groups is 1. The van der Waals surface area contributed by atoms with E-state index >= 15 is 0 Å². The number of nitrogens with zero attached hydrogens (tertiary/aromatic N) is 1. The van der Waals surface area contributed by atoms with Crippen LogP contribution in [0.25, 0.3) is 0 Å². The Hall–Kier alpha value is -1.71. The molecule has 1 aliphatic rings. The van der Waals surface area contributed by atoms with Crippen LogP contribution in [0.2, 0.25) is 0 Å². The molecular formula is C17H18N2O2S2. The highest BCUT2D eigenvalue weighted by molar-refractivity contribution is 7.99. The van der Waals surface area contributed by atoms with Gasteiger partial charge in [-0.3, -0.25) is 4.79 Å². The van der Waals surface area contributed by atoms with E-state index in [2.05, 4.69) is 11.4 Å². The molecule has 120 valence electrons. The molecule has 0 atom stereocenters. The Morgan fingerprint density at radius 3 is 3.04 bits per heavy atom. The van der Waals surface area contributed by atoms with Gasteiger partial charge >= 0.3 is 0 Å². The first kappa shape index (κ1) is 16.2. The van der Waals surface area contributed by atoms with E-state index in [-0.39, 0.29) is 5.91 Å². The van der Waals surface area contributed by atoms with Crippen molar-refractivity contribution in [3.8, 4) is 6.07 Å². The van der Waals surface area contributed by atoms with Gasteiger partial charge < -0.3 is 9.73 Å². The molecule has 1 amide bonds. The summed E-state index contributed by atoms with van der Waals surface area (Å²) < 4.78 is 5.24. The first-order valence-electron chi connectivity index (χ1n) is 7.72. The van der Waals surface area contributed by atoms with Crippen LogP contribution in [-0.2, 0) is 23.4 Å². The minimum absolute atomic E-state index is 0.0607. The Bertz CT molecular complexity index is 714. The molecule has 0 saturated carbocycles. The summed E-state index contributed by atoms with van der Waals surface area (Å²) in [6.07, 6.45) is 7.14. The SMILES string of the molecule is N#Cc1c(NC(=O)CSCc2ccco2)sc2c1CCCCC2. The van der Waals surface area contributed by atoms with Gasteiger partial charge in [0.1, 0.15) is 16.8 Å². The first-order valence-corrected chi connectivity index (χ1v) is 9.69. The summed E-state index contributed by atoms with van der Waals surface area (Å²) in [6.45, 7) is 0. The third kappa shape index (κ3) is 3.98. The van der Waals surface area contributed by atoms with Crippen molar-refractivity contribution in [2.24, 2.45) is 0 Å². The fourth-order valence-corrected chi connectivity index (χ4v) is 4.73. The van der Waals surface area contributed by atoms with E-state index in [1.165, 1.54) is 29.5 Å². The zero-order valence-electron chi connectivity index (χ0n) is 12.8. The summed E-state index contributed by atoms with van der Waals surface area (Å²) >= 11 is 3.08. The predicted octanol–water partition coefficient (Wildman–Crippen LogP) is 4.35. The molecule has 2 aromatic rings. The van der Waals surface area contributed by atoms with Crippen LogP contribution in [0.1, 0.15) is 41.0 Å². The number of anilines is 1. The largest absolute Gasteiger partial charge is 0.468 e. The number of thioether (sulfide) groups is 1. The molecular weight excluding hydrogens is 328 g/mol. The second kappa shape index (κ2) is 7.71. The average molecular weight is 346 g/mol. The second-order valence-electron chi connectivity index (χ2n) is 5.50. The van der Waals surface area contributed by atoms with Crippen LogP contribution in [0.15, 0.2) is 22.8 Å². The molecule has 2 heterocycles.